The van der Waals surface area contributed by atoms with Crippen molar-refractivity contribution in [1.82, 2.24) is 9.80 Å². The summed E-state index contributed by atoms with van der Waals surface area (Å²) < 4.78 is 5.10. The molecule has 0 aromatic rings. The Morgan fingerprint density at radius 2 is 0.926 bits per heavy atom. The van der Waals surface area contributed by atoms with Gasteiger partial charge in [-0.05, 0) is 51.2 Å². The van der Waals surface area contributed by atoms with Crippen LogP contribution in [0, 0.1) is 5.92 Å². The van der Waals surface area contributed by atoms with E-state index in [1.165, 1.54) is 199 Å². The van der Waals surface area contributed by atoms with Gasteiger partial charge in [0.05, 0.1) is 6.54 Å². The van der Waals surface area contributed by atoms with E-state index < -0.39 is 0 Å². The minimum atomic E-state index is -0.250. The lowest BCUT2D eigenvalue weighted by Gasteiger charge is -2.23. The second-order valence-electron chi connectivity index (χ2n) is 15.5. The Hall–Kier alpha value is -1.67. The van der Waals surface area contributed by atoms with Crippen LogP contribution in [0.3, 0.4) is 0 Å². The molecule has 0 aromatic heterocycles. The average Bonchev–Trinajstić information content (AvgIpc) is 3.60. The molecule has 0 spiro atoms. The van der Waals surface area contributed by atoms with Gasteiger partial charge in [-0.1, -0.05) is 201 Å². The number of amides is 1. The molecule has 0 bridgehead atoms. The number of carboxylic acid groups (broad SMARTS) is 1. The molecule has 8 nitrogen and oxygen atoms in total. The Balaban J connectivity index is -0.00000146. The van der Waals surface area contributed by atoms with Crippen LogP contribution < -0.4 is 0 Å². The summed E-state index contributed by atoms with van der Waals surface area (Å²) in [6.07, 6.45) is 42.3. The van der Waals surface area contributed by atoms with Gasteiger partial charge in [0.1, 0.15) is 13.4 Å². The number of aliphatic hydroxyl groups is 1. The smallest absolute Gasteiger partial charge is 0.409 e. The third-order valence-corrected chi connectivity index (χ3v) is 10.6. The zero-order valence-corrected chi connectivity index (χ0v) is 36.7. The summed E-state index contributed by atoms with van der Waals surface area (Å²) in [5.41, 5.74) is 0. The molecule has 1 aliphatic heterocycles. The van der Waals surface area contributed by atoms with Crippen molar-refractivity contribution in [3.05, 3.63) is 0 Å². The third kappa shape index (κ3) is 44.7. The SMILES string of the molecule is C=O.CCCCCCCCCO.CCCCCCCCN(CCCCCCCC(CCCCCC)CCCCCCC)CCCN1CCOC1=O.O=CO. The maximum Gasteiger partial charge on any atom is 0.409 e. The molecule has 1 unspecified atom stereocenters. The van der Waals surface area contributed by atoms with E-state index in [2.05, 4.69) is 32.6 Å². The Morgan fingerprint density at radius 3 is 1.30 bits per heavy atom. The second kappa shape index (κ2) is 51.3. The standard InChI is InChI=1S/C35H70N2O2.C9H20O.CH2O2.CH2O/c1-4-7-10-13-17-22-28-36(30-24-31-37-32-33-39-35(37)38)29-23-18-14-16-21-27-34(25-19-12-9-6-3)26-20-15-11-8-5-2;1-2-3-4-5-6-7-8-9-10;2-1-3;1-2/h34H,4-33H2,1-3H3;10H,2-9H2,1H3;1H,(H,2,3);1H2. The van der Waals surface area contributed by atoms with Crippen molar-refractivity contribution >= 4 is 19.4 Å². The molecular weight excluding hydrogens is 677 g/mol. The molecule has 54 heavy (non-hydrogen) atoms. The first kappa shape index (κ1) is 56.7. The van der Waals surface area contributed by atoms with E-state index in [9.17, 15) is 4.79 Å². The zero-order chi connectivity index (χ0) is 40.6. The number of hydrogen-bond donors (Lipinski definition) is 2. The predicted molar refractivity (Wildman–Crippen MR) is 232 cm³/mol. The van der Waals surface area contributed by atoms with Gasteiger partial charge in [0.15, 0.2) is 0 Å². The Kier molecular flexibility index (Phi) is 53.9. The van der Waals surface area contributed by atoms with Crippen molar-refractivity contribution in [1.29, 1.82) is 0 Å². The molecule has 0 aromatic carbocycles. The van der Waals surface area contributed by atoms with Crippen LogP contribution in [0.5, 0.6) is 0 Å². The maximum absolute atomic E-state index is 11.7. The van der Waals surface area contributed by atoms with Crippen molar-refractivity contribution in [3.8, 4) is 0 Å². The lowest BCUT2D eigenvalue weighted by Crippen LogP contribution is -2.32. The van der Waals surface area contributed by atoms with Gasteiger partial charge in [0.25, 0.3) is 6.47 Å². The van der Waals surface area contributed by atoms with Crippen LogP contribution in [0.25, 0.3) is 0 Å². The van der Waals surface area contributed by atoms with Crippen molar-refractivity contribution in [3.63, 3.8) is 0 Å². The van der Waals surface area contributed by atoms with E-state index in [4.69, 9.17) is 24.5 Å². The number of unbranched alkanes of at least 4 members (excludes halogenated alkanes) is 22. The molecule has 1 heterocycles. The van der Waals surface area contributed by atoms with Crippen molar-refractivity contribution in [2.45, 2.75) is 227 Å². The number of aliphatic hydroxyl groups excluding tert-OH is 1. The van der Waals surface area contributed by atoms with Gasteiger partial charge in [0.2, 0.25) is 0 Å². The minimum absolute atomic E-state index is 0.114. The van der Waals surface area contributed by atoms with Crippen LogP contribution in [0.15, 0.2) is 0 Å². The van der Waals surface area contributed by atoms with Gasteiger partial charge in [-0.2, -0.15) is 0 Å². The average molecular weight is 771 g/mol. The van der Waals surface area contributed by atoms with Gasteiger partial charge in [-0.3, -0.25) is 4.79 Å². The molecule has 0 saturated carbocycles. The predicted octanol–water partition coefficient (Wildman–Crippen LogP) is 13.0. The summed E-state index contributed by atoms with van der Waals surface area (Å²) in [5, 5.41) is 15.4. The maximum atomic E-state index is 11.7. The van der Waals surface area contributed by atoms with Crippen LogP contribution in [-0.2, 0) is 14.3 Å². The number of rotatable bonds is 37. The normalized spacial score (nSPS) is 12.6. The first-order valence-electron chi connectivity index (χ1n) is 23.2. The van der Waals surface area contributed by atoms with Gasteiger partial charge in [-0.25, -0.2) is 4.79 Å². The van der Waals surface area contributed by atoms with Crippen LogP contribution in [-0.4, -0.2) is 85.3 Å². The fourth-order valence-electron chi connectivity index (χ4n) is 7.26. The zero-order valence-electron chi connectivity index (χ0n) is 36.7. The summed E-state index contributed by atoms with van der Waals surface area (Å²) >= 11 is 0. The van der Waals surface area contributed by atoms with E-state index in [-0.39, 0.29) is 12.6 Å². The summed E-state index contributed by atoms with van der Waals surface area (Å²) in [4.78, 5) is 32.7. The summed E-state index contributed by atoms with van der Waals surface area (Å²) in [6.45, 7) is 17.1. The minimum Gasteiger partial charge on any atom is -0.483 e. The van der Waals surface area contributed by atoms with E-state index in [1.807, 2.05) is 11.7 Å². The summed E-state index contributed by atoms with van der Waals surface area (Å²) in [6, 6.07) is 0. The van der Waals surface area contributed by atoms with Crippen LogP contribution in [0.2, 0.25) is 0 Å². The molecule has 1 amide bonds. The molecule has 324 valence electrons. The highest BCUT2D eigenvalue weighted by molar-refractivity contribution is 5.69. The first-order valence-corrected chi connectivity index (χ1v) is 23.2. The molecule has 1 fully saturated rings. The molecule has 0 aliphatic carbocycles. The number of cyclic esters (lactones) is 1. The second-order valence-corrected chi connectivity index (χ2v) is 15.5. The van der Waals surface area contributed by atoms with E-state index >= 15 is 0 Å². The topological polar surface area (TPSA) is 107 Å². The molecule has 1 atom stereocenters. The van der Waals surface area contributed by atoms with Crippen LogP contribution in [0.1, 0.15) is 227 Å². The van der Waals surface area contributed by atoms with Gasteiger partial charge >= 0.3 is 6.09 Å². The Labute approximate surface area is 336 Å². The number of carbonyl (C=O) groups excluding carboxylic acids is 2. The highest BCUT2D eigenvalue weighted by Gasteiger charge is 2.21. The molecule has 8 heteroatoms. The summed E-state index contributed by atoms with van der Waals surface area (Å²) in [5.74, 6) is 0.990. The Morgan fingerprint density at radius 1 is 0.593 bits per heavy atom. The molecule has 1 aliphatic rings. The largest absolute Gasteiger partial charge is 0.483 e. The number of hydrogen-bond acceptors (Lipinski definition) is 6. The van der Waals surface area contributed by atoms with E-state index in [0.29, 0.717) is 13.2 Å². The first-order chi connectivity index (χ1) is 26.5. The highest BCUT2D eigenvalue weighted by Crippen LogP contribution is 2.24. The van der Waals surface area contributed by atoms with Crippen molar-refractivity contribution in [2.24, 2.45) is 5.92 Å². The molecule has 1 saturated heterocycles. The third-order valence-electron chi connectivity index (χ3n) is 10.6. The number of ether oxygens (including phenoxy) is 1. The summed E-state index contributed by atoms with van der Waals surface area (Å²) in [7, 11) is 0. The highest BCUT2D eigenvalue weighted by atomic mass is 16.6. The van der Waals surface area contributed by atoms with Gasteiger partial charge < -0.3 is 29.5 Å². The number of nitrogens with zero attached hydrogens (tertiary/aromatic N) is 2. The van der Waals surface area contributed by atoms with Crippen molar-refractivity contribution < 1.29 is 29.3 Å². The fourth-order valence-corrected chi connectivity index (χ4v) is 7.26. The van der Waals surface area contributed by atoms with Crippen molar-refractivity contribution in [2.75, 3.05) is 45.9 Å². The quantitative estimate of drug-likeness (QED) is 0.0478. The van der Waals surface area contributed by atoms with Gasteiger partial charge in [0, 0.05) is 13.2 Å². The van der Waals surface area contributed by atoms with Crippen LogP contribution >= 0.6 is 0 Å². The molecular formula is C46H94N2O6. The Bertz CT molecular complexity index is 705. The molecule has 1 rings (SSSR count). The molecule has 0 radical (unpaired) electrons. The van der Waals surface area contributed by atoms with Gasteiger partial charge in [-0.15, -0.1) is 0 Å². The van der Waals surface area contributed by atoms with E-state index in [1.54, 1.807) is 0 Å². The fraction of sp³-hybridized carbons (Fsp3) is 0.935. The van der Waals surface area contributed by atoms with E-state index in [0.717, 1.165) is 38.4 Å². The number of carbonyl (C=O) groups is 3. The van der Waals surface area contributed by atoms with Crippen LogP contribution in [0.4, 0.5) is 4.79 Å². The lowest BCUT2D eigenvalue weighted by atomic mass is 9.89. The lowest BCUT2D eigenvalue weighted by molar-refractivity contribution is -0.122. The molecule has 2 N–H and O–H groups in total. The monoisotopic (exact) mass is 771 g/mol.